The van der Waals surface area contributed by atoms with Gasteiger partial charge in [-0.2, -0.15) is 5.10 Å². The van der Waals surface area contributed by atoms with Crippen LogP contribution in [0, 0.1) is 0 Å². The molecule has 0 atom stereocenters. The van der Waals surface area contributed by atoms with Gasteiger partial charge in [-0.1, -0.05) is 36.4 Å². The fraction of sp³-hybridized carbons (Fsp3) is 0.0870. The minimum Gasteiger partial charge on any atom is -0.488 e. The van der Waals surface area contributed by atoms with Gasteiger partial charge in [0.15, 0.2) is 0 Å². The first-order valence-corrected chi connectivity index (χ1v) is 10.5. The van der Waals surface area contributed by atoms with E-state index < -0.39 is 0 Å². The third-order valence-corrected chi connectivity index (χ3v) is 5.30. The lowest BCUT2D eigenvalue weighted by Gasteiger charge is -2.09. The Hall–Kier alpha value is -3.85. The maximum Gasteiger partial charge on any atom is 0.271 e. The molecule has 32 heavy (non-hydrogen) atoms. The van der Waals surface area contributed by atoms with E-state index in [1.807, 2.05) is 67.6 Å². The van der Waals surface area contributed by atoms with Crippen LogP contribution in [0.5, 0.6) is 5.75 Å². The van der Waals surface area contributed by atoms with Crippen molar-refractivity contribution in [3.05, 3.63) is 100 Å². The van der Waals surface area contributed by atoms with Crippen molar-refractivity contribution in [1.29, 1.82) is 0 Å². The van der Waals surface area contributed by atoms with E-state index in [0.29, 0.717) is 17.9 Å². The predicted octanol–water partition coefficient (Wildman–Crippen LogP) is 4.16. The molecule has 9 heteroatoms. The van der Waals surface area contributed by atoms with Crippen molar-refractivity contribution in [2.45, 2.75) is 13.5 Å². The minimum atomic E-state index is -0.294. The summed E-state index contributed by atoms with van der Waals surface area (Å²) in [5, 5.41) is 15.3. The van der Waals surface area contributed by atoms with Crippen molar-refractivity contribution in [1.82, 2.24) is 25.6 Å². The van der Waals surface area contributed by atoms with Gasteiger partial charge in [-0.05, 0) is 80.8 Å². The van der Waals surface area contributed by atoms with E-state index in [-0.39, 0.29) is 5.91 Å². The summed E-state index contributed by atoms with van der Waals surface area (Å²) in [7, 11) is 0. The number of tetrazole rings is 1. The van der Waals surface area contributed by atoms with Gasteiger partial charge >= 0.3 is 0 Å². The summed E-state index contributed by atoms with van der Waals surface area (Å²) >= 11 is 3.46. The van der Waals surface area contributed by atoms with Gasteiger partial charge < -0.3 is 4.74 Å². The molecular formula is C23H19BrN6O2. The van der Waals surface area contributed by atoms with Gasteiger partial charge in [0.05, 0.1) is 15.9 Å². The van der Waals surface area contributed by atoms with Gasteiger partial charge in [-0.15, -0.1) is 5.10 Å². The summed E-state index contributed by atoms with van der Waals surface area (Å²) in [6.45, 7) is 2.17. The second-order valence-electron chi connectivity index (χ2n) is 6.86. The number of benzene rings is 3. The molecule has 1 heterocycles. The number of nitrogens with one attached hydrogen (secondary N) is 1. The van der Waals surface area contributed by atoms with Crippen molar-refractivity contribution in [2.75, 3.05) is 0 Å². The van der Waals surface area contributed by atoms with E-state index in [4.69, 9.17) is 4.74 Å². The number of aromatic nitrogens is 4. The van der Waals surface area contributed by atoms with Crippen LogP contribution in [0.2, 0.25) is 0 Å². The van der Waals surface area contributed by atoms with E-state index in [2.05, 4.69) is 42.0 Å². The number of rotatable bonds is 7. The predicted molar refractivity (Wildman–Crippen MR) is 124 cm³/mol. The summed E-state index contributed by atoms with van der Waals surface area (Å²) in [5.41, 5.74) is 6.38. The topological polar surface area (TPSA) is 94.3 Å². The lowest BCUT2D eigenvalue weighted by Crippen LogP contribution is -2.19. The molecular weight excluding hydrogens is 472 g/mol. The van der Waals surface area contributed by atoms with Crippen molar-refractivity contribution in [2.24, 2.45) is 5.10 Å². The summed E-state index contributed by atoms with van der Waals surface area (Å²) in [6.07, 6.45) is 1.52. The monoisotopic (exact) mass is 490 g/mol. The van der Waals surface area contributed by atoms with Crippen LogP contribution in [0.15, 0.2) is 88.7 Å². The van der Waals surface area contributed by atoms with Crippen LogP contribution in [0.1, 0.15) is 28.4 Å². The summed E-state index contributed by atoms with van der Waals surface area (Å²) in [4.78, 5) is 12.6. The van der Waals surface area contributed by atoms with Gasteiger partial charge in [-0.3, -0.25) is 4.79 Å². The van der Waals surface area contributed by atoms with Gasteiger partial charge in [0.1, 0.15) is 18.7 Å². The highest BCUT2D eigenvalue weighted by molar-refractivity contribution is 9.10. The molecule has 0 spiro atoms. The smallest absolute Gasteiger partial charge is 0.271 e. The summed E-state index contributed by atoms with van der Waals surface area (Å²) in [5.74, 6) is 0.450. The molecule has 1 amide bonds. The standard InChI is InChI=1S/C23H19BrN6O2/c1-16(18-9-11-20(12-10-18)30-15-25-28-29-30)26-27-23(31)19-6-4-5-17(13-19)14-32-22-8-3-2-7-21(22)24/h2-13,15H,14H2,1H3,(H,27,31)/b26-16+. The molecule has 0 aliphatic heterocycles. The largest absolute Gasteiger partial charge is 0.488 e. The van der Waals surface area contributed by atoms with Crippen LogP contribution in [0.3, 0.4) is 0 Å². The normalized spacial score (nSPS) is 11.2. The maximum absolute atomic E-state index is 12.6. The van der Waals surface area contributed by atoms with Crippen molar-refractivity contribution in [3.63, 3.8) is 0 Å². The Labute approximate surface area is 193 Å². The molecule has 0 unspecified atom stereocenters. The van der Waals surface area contributed by atoms with Crippen LogP contribution in [-0.2, 0) is 6.61 Å². The van der Waals surface area contributed by atoms with Gasteiger partial charge in [0.25, 0.3) is 5.91 Å². The van der Waals surface area contributed by atoms with Crippen LogP contribution in [0.25, 0.3) is 5.69 Å². The molecule has 0 aliphatic carbocycles. The highest BCUT2D eigenvalue weighted by atomic mass is 79.9. The molecule has 0 fully saturated rings. The Bertz CT molecular complexity index is 1240. The second-order valence-corrected chi connectivity index (χ2v) is 7.71. The molecule has 4 aromatic rings. The van der Waals surface area contributed by atoms with E-state index in [1.165, 1.54) is 6.33 Å². The fourth-order valence-corrected chi connectivity index (χ4v) is 3.32. The molecule has 3 aromatic carbocycles. The summed E-state index contributed by atoms with van der Waals surface area (Å²) in [6, 6.07) is 22.4. The van der Waals surface area contributed by atoms with Gasteiger partial charge in [0, 0.05) is 5.56 Å². The zero-order chi connectivity index (χ0) is 22.3. The summed E-state index contributed by atoms with van der Waals surface area (Å²) < 4.78 is 8.27. The SMILES string of the molecule is C/C(=N\NC(=O)c1cccc(COc2ccccc2Br)c1)c1ccc(-n2cnnn2)cc1. The molecule has 0 saturated carbocycles. The lowest BCUT2D eigenvalue weighted by molar-refractivity contribution is 0.0954. The van der Waals surface area contributed by atoms with Crippen molar-refractivity contribution < 1.29 is 9.53 Å². The number of carbonyl (C=O) groups is 1. The highest BCUT2D eigenvalue weighted by Gasteiger charge is 2.08. The molecule has 0 bridgehead atoms. The first kappa shape index (κ1) is 21.4. The van der Waals surface area contributed by atoms with Crippen LogP contribution >= 0.6 is 15.9 Å². The van der Waals surface area contributed by atoms with E-state index in [0.717, 1.165) is 27.0 Å². The second kappa shape index (κ2) is 9.97. The molecule has 4 rings (SSSR count). The number of amides is 1. The molecule has 160 valence electrons. The Kier molecular flexibility index (Phi) is 6.66. The zero-order valence-corrected chi connectivity index (χ0v) is 18.7. The molecule has 0 radical (unpaired) electrons. The van der Waals surface area contributed by atoms with Crippen LogP contribution < -0.4 is 10.2 Å². The van der Waals surface area contributed by atoms with Crippen LogP contribution in [-0.4, -0.2) is 31.8 Å². The van der Waals surface area contributed by atoms with E-state index in [9.17, 15) is 4.79 Å². The Balaban J connectivity index is 1.38. The molecule has 0 aliphatic rings. The third-order valence-electron chi connectivity index (χ3n) is 4.64. The average molecular weight is 491 g/mol. The number of ether oxygens (including phenoxy) is 1. The van der Waals surface area contributed by atoms with E-state index in [1.54, 1.807) is 16.8 Å². The van der Waals surface area contributed by atoms with E-state index >= 15 is 0 Å². The number of halogens is 1. The first-order chi connectivity index (χ1) is 15.6. The molecule has 1 aromatic heterocycles. The first-order valence-electron chi connectivity index (χ1n) is 9.75. The average Bonchev–Trinajstić information content (AvgIpc) is 3.37. The Morgan fingerprint density at radius 3 is 2.62 bits per heavy atom. The van der Waals surface area contributed by atoms with Gasteiger partial charge in [-0.25, -0.2) is 10.1 Å². The Morgan fingerprint density at radius 1 is 1.06 bits per heavy atom. The fourth-order valence-electron chi connectivity index (χ4n) is 2.92. The lowest BCUT2D eigenvalue weighted by atomic mass is 10.1. The number of nitrogens with zero attached hydrogens (tertiary/aromatic N) is 5. The van der Waals surface area contributed by atoms with Gasteiger partial charge in [0.2, 0.25) is 0 Å². The van der Waals surface area contributed by atoms with Crippen LogP contribution in [0.4, 0.5) is 0 Å². The van der Waals surface area contributed by atoms with Crippen molar-refractivity contribution >= 4 is 27.5 Å². The third kappa shape index (κ3) is 5.25. The number of hydrogen-bond acceptors (Lipinski definition) is 6. The number of para-hydroxylation sites is 1. The number of carbonyl (C=O) groups excluding carboxylic acids is 1. The number of hydrazone groups is 1. The molecule has 1 N–H and O–H groups in total. The Morgan fingerprint density at radius 2 is 1.88 bits per heavy atom. The molecule has 8 nitrogen and oxygen atoms in total. The quantitative estimate of drug-likeness (QED) is 0.310. The maximum atomic E-state index is 12.6. The van der Waals surface area contributed by atoms with Crippen molar-refractivity contribution in [3.8, 4) is 11.4 Å². The highest BCUT2D eigenvalue weighted by Crippen LogP contribution is 2.24. The molecule has 0 saturated heterocycles. The zero-order valence-electron chi connectivity index (χ0n) is 17.1. The minimum absolute atomic E-state index is 0.294. The number of hydrogen-bond donors (Lipinski definition) is 1.